The SMILES string of the molecule is CC(=O)/C(C#N)=C(\C)N. The number of nitrogens with two attached hydrogens (primary N) is 1. The highest BCUT2D eigenvalue weighted by atomic mass is 16.1. The molecule has 0 saturated heterocycles. The van der Waals surface area contributed by atoms with Gasteiger partial charge in [0.15, 0.2) is 5.78 Å². The first-order valence-corrected chi connectivity index (χ1v) is 2.47. The second kappa shape index (κ2) is 2.88. The molecule has 0 aromatic carbocycles. The molecule has 0 unspecified atom stereocenters. The quantitative estimate of drug-likeness (QED) is 0.404. The maximum absolute atomic E-state index is 10.5. The number of nitrogens with zero attached hydrogens (tertiary/aromatic N) is 1. The van der Waals surface area contributed by atoms with Crippen LogP contribution in [0, 0.1) is 11.3 Å². The van der Waals surface area contributed by atoms with E-state index in [0.717, 1.165) is 0 Å². The Bertz CT molecular complexity index is 194. The van der Waals surface area contributed by atoms with Crippen molar-refractivity contribution in [2.75, 3.05) is 0 Å². The molecule has 3 nitrogen and oxygen atoms in total. The summed E-state index contributed by atoms with van der Waals surface area (Å²) in [5, 5.41) is 8.26. The molecule has 0 rings (SSSR count). The van der Waals surface area contributed by atoms with Crippen LogP contribution in [0.4, 0.5) is 0 Å². The van der Waals surface area contributed by atoms with Gasteiger partial charge in [-0.15, -0.1) is 0 Å². The molecule has 0 aliphatic heterocycles. The zero-order valence-corrected chi connectivity index (χ0v) is 5.43. The normalized spacial score (nSPS) is 11.7. The average molecular weight is 124 g/mol. The summed E-state index contributed by atoms with van der Waals surface area (Å²) in [5.41, 5.74) is 5.52. The number of nitriles is 1. The fourth-order valence-electron chi connectivity index (χ4n) is 0.445. The highest BCUT2D eigenvalue weighted by molar-refractivity contribution is 5.97. The number of ketones is 1. The monoisotopic (exact) mass is 124 g/mol. The standard InChI is InChI=1S/C6H8N2O/c1-4(8)6(3-7)5(2)9/h8H2,1-2H3/b6-4+. The molecule has 0 amide bonds. The van der Waals surface area contributed by atoms with Crippen LogP contribution in [0.25, 0.3) is 0 Å². The Kier molecular flexibility index (Phi) is 2.46. The van der Waals surface area contributed by atoms with E-state index in [-0.39, 0.29) is 17.1 Å². The minimum atomic E-state index is -0.280. The molecule has 0 radical (unpaired) electrons. The van der Waals surface area contributed by atoms with Gasteiger partial charge >= 0.3 is 0 Å². The van der Waals surface area contributed by atoms with Gasteiger partial charge < -0.3 is 5.73 Å². The zero-order valence-electron chi connectivity index (χ0n) is 5.43. The number of hydrogen-bond donors (Lipinski definition) is 1. The molecule has 0 heterocycles. The van der Waals surface area contributed by atoms with Gasteiger partial charge in [-0.2, -0.15) is 5.26 Å². The van der Waals surface area contributed by atoms with Crippen molar-refractivity contribution < 1.29 is 4.79 Å². The lowest BCUT2D eigenvalue weighted by atomic mass is 10.2. The molecule has 0 spiro atoms. The van der Waals surface area contributed by atoms with Gasteiger partial charge in [0.1, 0.15) is 11.6 Å². The van der Waals surface area contributed by atoms with Crippen molar-refractivity contribution in [2.24, 2.45) is 5.73 Å². The summed E-state index contributed by atoms with van der Waals surface area (Å²) in [6.07, 6.45) is 0. The maximum Gasteiger partial charge on any atom is 0.172 e. The van der Waals surface area contributed by atoms with Crippen molar-refractivity contribution in [3.05, 3.63) is 11.3 Å². The fraction of sp³-hybridized carbons (Fsp3) is 0.333. The van der Waals surface area contributed by atoms with Gasteiger partial charge in [0.2, 0.25) is 0 Å². The van der Waals surface area contributed by atoms with Crippen molar-refractivity contribution in [1.82, 2.24) is 0 Å². The van der Waals surface area contributed by atoms with E-state index in [2.05, 4.69) is 0 Å². The zero-order chi connectivity index (χ0) is 7.44. The van der Waals surface area contributed by atoms with Crippen molar-refractivity contribution >= 4 is 5.78 Å². The van der Waals surface area contributed by atoms with Crippen LogP contribution in [0.3, 0.4) is 0 Å². The smallest absolute Gasteiger partial charge is 0.172 e. The number of hydrogen-bond acceptors (Lipinski definition) is 3. The number of carbonyl (C=O) groups is 1. The average Bonchev–Trinajstić information content (AvgIpc) is 1.64. The Morgan fingerprint density at radius 3 is 2.00 bits per heavy atom. The molecule has 0 aliphatic carbocycles. The lowest BCUT2D eigenvalue weighted by molar-refractivity contribution is -0.113. The Morgan fingerprint density at radius 1 is 1.56 bits per heavy atom. The summed E-state index contributed by atoms with van der Waals surface area (Å²) in [7, 11) is 0. The Labute approximate surface area is 53.8 Å². The molecule has 2 N–H and O–H groups in total. The number of rotatable bonds is 1. The molecular weight excluding hydrogens is 116 g/mol. The first-order chi connectivity index (χ1) is 4.09. The first kappa shape index (κ1) is 7.70. The van der Waals surface area contributed by atoms with Gasteiger partial charge in [0, 0.05) is 5.70 Å². The first-order valence-electron chi connectivity index (χ1n) is 2.47. The highest BCUT2D eigenvalue weighted by Gasteiger charge is 2.02. The largest absolute Gasteiger partial charge is 0.401 e. The van der Waals surface area contributed by atoms with E-state index >= 15 is 0 Å². The summed E-state index contributed by atoms with van der Waals surface area (Å²) in [5.74, 6) is -0.280. The Balaban J connectivity index is 4.62. The van der Waals surface area contributed by atoms with Crippen molar-refractivity contribution in [2.45, 2.75) is 13.8 Å². The summed E-state index contributed by atoms with van der Waals surface area (Å²) in [6.45, 7) is 2.84. The lowest BCUT2D eigenvalue weighted by Crippen LogP contribution is -2.03. The predicted octanol–water partition coefficient (Wildman–Crippen LogP) is 0.332. The highest BCUT2D eigenvalue weighted by Crippen LogP contribution is 1.96. The van der Waals surface area contributed by atoms with Crippen LogP contribution in [0.1, 0.15) is 13.8 Å². The molecule has 0 saturated carbocycles. The molecule has 0 fully saturated rings. The number of carbonyl (C=O) groups excluding carboxylic acids is 1. The van der Waals surface area contributed by atoms with Crippen LogP contribution in [0.2, 0.25) is 0 Å². The van der Waals surface area contributed by atoms with Crippen LogP contribution in [-0.4, -0.2) is 5.78 Å². The molecule has 3 heteroatoms. The van der Waals surface area contributed by atoms with E-state index in [4.69, 9.17) is 11.0 Å². The number of allylic oxidation sites excluding steroid dienone is 2. The van der Waals surface area contributed by atoms with Crippen molar-refractivity contribution in [3.63, 3.8) is 0 Å². The van der Waals surface area contributed by atoms with Gasteiger partial charge in [0.25, 0.3) is 0 Å². The molecular formula is C6H8N2O. The molecule has 0 aromatic rings. The minimum absolute atomic E-state index is 0.0509. The third-order valence-electron chi connectivity index (χ3n) is 0.858. The second-order valence-electron chi connectivity index (χ2n) is 1.73. The second-order valence-corrected chi connectivity index (χ2v) is 1.73. The topological polar surface area (TPSA) is 66.9 Å². The van der Waals surface area contributed by atoms with Crippen LogP contribution in [0.15, 0.2) is 11.3 Å². The van der Waals surface area contributed by atoms with Crippen LogP contribution >= 0.6 is 0 Å². The molecule has 0 aliphatic rings. The Morgan fingerprint density at radius 2 is 2.00 bits per heavy atom. The Hall–Kier alpha value is -1.30. The number of Topliss-reactive ketones (excluding diaryl/α,β-unsaturated/α-hetero) is 1. The third kappa shape index (κ3) is 1.96. The van der Waals surface area contributed by atoms with E-state index in [9.17, 15) is 4.79 Å². The fourth-order valence-corrected chi connectivity index (χ4v) is 0.445. The maximum atomic E-state index is 10.5. The summed E-state index contributed by atoms with van der Waals surface area (Å²) in [4.78, 5) is 10.5. The van der Waals surface area contributed by atoms with E-state index in [1.54, 1.807) is 6.07 Å². The van der Waals surface area contributed by atoms with E-state index in [0.29, 0.717) is 0 Å². The molecule has 9 heavy (non-hydrogen) atoms. The summed E-state index contributed by atoms with van der Waals surface area (Å²) < 4.78 is 0. The predicted molar refractivity (Wildman–Crippen MR) is 33.2 cm³/mol. The van der Waals surface area contributed by atoms with Gasteiger partial charge in [-0.25, -0.2) is 0 Å². The lowest BCUT2D eigenvalue weighted by Gasteiger charge is -1.91. The van der Waals surface area contributed by atoms with Crippen LogP contribution in [-0.2, 0) is 4.79 Å². The molecule has 48 valence electrons. The summed E-state index contributed by atoms with van der Waals surface area (Å²) >= 11 is 0. The minimum Gasteiger partial charge on any atom is -0.401 e. The molecule has 0 aromatic heterocycles. The third-order valence-corrected chi connectivity index (χ3v) is 0.858. The van der Waals surface area contributed by atoms with Crippen LogP contribution < -0.4 is 5.73 Å². The van der Waals surface area contributed by atoms with Crippen molar-refractivity contribution in [1.29, 1.82) is 5.26 Å². The van der Waals surface area contributed by atoms with Gasteiger partial charge in [-0.1, -0.05) is 0 Å². The van der Waals surface area contributed by atoms with Gasteiger partial charge in [0.05, 0.1) is 0 Å². The molecule has 0 bridgehead atoms. The molecule has 0 atom stereocenters. The van der Waals surface area contributed by atoms with Crippen molar-refractivity contribution in [3.8, 4) is 6.07 Å². The van der Waals surface area contributed by atoms with Crippen LogP contribution in [0.5, 0.6) is 0 Å². The van der Waals surface area contributed by atoms with Gasteiger partial charge in [-0.3, -0.25) is 4.79 Å². The van der Waals surface area contributed by atoms with E-state index in [1.807, 2.05) is 0 Å². The van der Waals surface area contributed by atoms with E-state index in [1.165, 1.54) is 13.8 Å². The summed E-state index contributed by atoms with van der Waals surface area (Å²) in [6, 6.07) is 1.71. The van der Waals surface area contributed by atoms with Gasteiger partial charge in [-0.05, 0) is 13.8 Å². The van der Waals surface area contributed by atoms with E-state index < -0.39 is 0 Å².